The molecular formula is C22H21N3O. The average molecular weight is 343 g/mol. The van der Waals surface area contributed by atoms with Crippen LogP contribution in [0.4, 0.5) is 17.1 Å². The number of anilines is 3. The highest BCUT2D eigenvalue weighted by molar-refractivity contribution is 6.09. The van der Waals surface area contributed by atoms with Gasteiger partial charge in [-0.15, -0.1) is 0 Å². The smallest absolute Gasteiger partial charge is 0.227 e. The Bertz CT molecular complexity index is 1110. The highest BCUT2D eigenvalue weighted by atomic mass is 16.3. The Morgan fingerprint density at radius 1 is 0.885 bits per heavy atom. The highest BCUT2D eigenvalue weighted by Gasteiger charge is 2.36. The molecule has 130 valence electrons. The molecule has 1 aliphatic heterocycles. The van der Waals surface area contributed by atoms with Crippen LogP contribution in [0.2, 0.25) is 0 Å². The van der Waals surface area contributed by atoms with Crippen LogP contribution in [0.15, 0.2) is 65.2 Å². The minimum absolute atomic E-state index is 0.208. The van der Waals surface area contributed by atoms with E-state index >= 15 is 0 Å². The number of benzene rings is 2. The summed E-state index contributed by atoms with van der Waals surface area (Å²) in [6.07, 6.45) is 1.98. The SMILES string of the molecule is CC(C)N1c2ccccc2N(c2cccc3c2oc2ncccc23)C1C. The molecule has 3 heterocycles. The first-order chi connectivity index (χ1) is 12.7. The second kappa shape index (κ2) is 5.49. The fraction of sp³-hybridized carbons (Fsp3) is 0.227. The molecule has 5 rings (SSSR count). The van der Waals surface area contributed by atoms with E-state index in [4.69, 9.17) is 4.42 Å². The Labute approximate surface area is 152 Å². The van der Waals surface area contributed by atoms with Gasteiger partial charge in [-0.25, -0.2) is 4.98 Å². The number of fused-ring (bicyclic) bond motifs is 4. The van der Waals surface area contributed by atoms with Crippen molar-refractivity contribution >= 4 is 39.1 Å². The van der Waals surface area contributed by atoms with E-state index in [9.17, 15) is 0 Å². The summed E-state index contributed by atoms with van der Waals surface area (Å²) in [7, 11) is 0. The molecule has 2 aromatic heterocycles. The van der Waals surface area contributed by atoms with Gasteiger partial charge in [0.1, 0.15) is 6.17 Å². The first-order valence-electron chi connectivity index (χ1n) is 9.09. The van der Waals surface area contributed by atoms with E-state index in [1.165, 1.54) is 11.4 Å². The molecule has 0 aliphatic carbocycles. The van der Waals surface area contributed by atoms with Crippen LogP contribution in [-0.2, 0) is 0 Å². The third kappa shape index (κ3) is 1.99. The molecule has 4 heteroatoms. The van der Waals surface area contributed by atoms with Crippen molar-refractivity contribution in [2.24, 2.45) is 0 Å². The molecule has 1 unspecified atom stereocenters. The molecule has 26 heavy (non-hydrogen) atoms. The first-order valence-corrected chi connectivity index (χ1v) is 9.09. The Morgan fingerprint density at radius 2 is 1.62 bits per heavy atom. The zero-order chi connectivity index (χ0) is 17.8. The van der Waals surface area contributed by atoms with Crippen molar-refractivity contribution in [2.45, 2.75) is 33.0 Å². The monoisotopic (exact) mass is 343 g/mol. The fourth-order valence-electron chi connectivity index (χ4n) is 4.26. The van der Waals surface area contributed by atoms with Crippen LogP contribution >= 0.6 is 0 Å². The summed E-state index contributed by atoms with van der Waals surface area (Å²) >= 11 is 0. The molecule has 0 spiro atoms. The molecular weight excluding hydrogens is 322 g/mol. The predicted octanol–water partition coefficient (Wildman–Crippen LogP) is 5.69. The lowest BCUT2D eigenvalue weighted by molar-refractivity contribution is 0.602. The zero-order valence-electron chi connectivity index (χ0n) is 15.2. The highest BCUT2D eigenvalue weighted by Crippen LogP contribution is 2.47. The van der Waals surface area contributed by atoms with E-state index in [0.717, 1.165) is 22.0 Å². The van der Waals surface area contributed by atoms with Crippen LogP contribution in [0.3, 0.4) is 0 Å². The van der Waals surface area contributed by atoms with Gasteiger partial charge in [-0.1, -0.05) is 24.3 Å². The molecule has 0 radical (unpaired) electrons. The van der Waals surface area contributed by atoms with E-state index in [1.54, 1.807) is 6.20 Å². The van der Waals surface area contributed by atoms with E-state index in [0.29, 0.717) is 11.8 Å². The molecule has 2 aromatic carbocycles. The van der Waals surface area contributed by atoms with Gasteiger partial charge in [0.05, 0.1) is 17.1 Å². The lowest BCUT2D eigenvalue weighted by Crippen LogP contribution is -2.42. The summed E-state index contributed by atoms with van der Waals surface area (Å²) in [5, 5.41) is 2.17. The van der Waals surface area contributed by atoms with Crippen molar-refractivity contribution in [1.29, 1.82) is 0 Å². The topological polar surface area (TPSA) is 32.5 Å². The van der Waals surface area contributed by atoms with Crippen molar-refractivity contribution < 1.29 is 4.42 Å². The molecule has 0 bridgehead atoms. The van der Waals surface area contributed by atoms with Crippen molar-refractivity contribution in [2.75, 3.05) is 9.80 Å². The van der Waals surface area contributed by atoms with Gasteiger partial charge >= 0.3 is 0 Å². The summed E-state index contributed by atoms with van der Waals surface area (Å²) in [6, 6.07) is 19.4. The molecule has 0 saturated carbocycles. The maximum Gasteiger partial charge on any atom is 0.227 e. The van der Waals surface area contributed by atoms with E-state index in [2.05, 4.69) is 84.1 Å². The zero-order valence-corrected chi connectivity index (χ0v) is 15.2. The second-order valence-corrected chi connectivity index (χ2v) is 7.10. The minimum atomic E-state index is 0.208. The van der Waals surface area contributed by atoms with Gasteiger partial charge in [0, 0.05) is 23.0 Å². The van der Waals surface area contributed by atoms with Crippen LogP contribution in [0, 0.1) is 0 Å². The molecule has 0 amide bonds. The molecule has 0 saturated heterocycles. The fourth-order valence-corrected chi connectivity index (χ4v) is 4.26. The van der Waals surface area contributed by atoms with Crippen LogP contribution in [0.5, 0.6) is 0 Å². The first kappa shape index (κ1) is 15.3. The second-order valence-electron chi connectivity index (χ2n) is 7.10. The number of para-hydroxylation sites is 3. The van der Waals surface area contributed by atoms with Crippen molar-refractivity contribution in [3.63, 3.8) is 0 Å². The third-order valence-corrected chi connectivity index (χ3v) is 5.27. The van der Waals surface area contributed by atoms with E-state index in [-0.39, 0.29) is 6.17 Å². The molecule has 0 fully saturated rings. The third-order valence-electron chi connectivity index (χ3n) is 5.27. The van der Waals surface area contributed by atoms with Gasteiger partial charge in [0.2, 0.25) is 5.71 Å². The Balaban J connectivity index is 1.78. The van der Waals surface area contributed by atoms with Crippen molar-refractivity contribution in [3.05, 3.63) is 60.8 Å². The lowest BCUT2D eigenvalue weighted by Gasteiger charge is -2.32. The van der Waals surface area contributed by atoms with Gasteiger partial charge in [-0.05, 0) is 51.1 Å². The number of rotatable bonds is 2. The van der Waals surface area contributed by atoms with E-state index in [1.807, 2.05) is 6.07 Å². The Morgan fingerprint density at radius 3 is 2.42 bits per heavy atom. The largest absolute Gasteiger partial charge is 0.436 e. The summed E-state index contributed by atoms with van der Waals surface area (Å²) < 4.78 is 6.18. The van der Waals surface area contributed by atoms with Crippen molar-refractivity contribution in [1.82, 2.24) is 4.98 Å². The summed E-state index contributed by atoms with van der Waals surface area (Å²) in [4.78, 5) is 9.23. The average Bonchev–Trinajstić information content (AvgIpc) is 3.16. The lowest BCUT2D eigenvalue weighted by atomic mass is 10.1. The summed E-state index contributed by atoms with van der Waals surface area (Å²) in [5.74, 6) is 0. The molecule has 4 aromatic rings. The van der Waals surface area contributed by atoms with Gasteiger partial charge in [0.15, 0.2) is 5.58 Å². The Kier molecular flexibility index (Phi) is 3.23. The van der Waals surface area contributed by atoms with Crippen LogP contribution in [-0.4, -0.2) is 17.2 Å². The number of pyridine rings is 1. The van der Waals surface area contributed by atoms with Crippen LogP contribution in [0.25, 0.3) is 22.1 Å². The normalized spacial score (nSPS) is 16.8. The quantitative estimate of drug-likeness (QED) is 0.468. The van der Waals surface area contributed by atoms with Crippen LogP contribution in [0.1, 0.15) is 20.8 Å². The van der Waals surface area contributed by atoms with Gasteiger partial charge < -0.3 is 14.2 Å². The van der Waals surface area contributed by atoms with Gasteiger partial charge in [-0.2, -0.15) is 0 Å². The minimum Gasteiger partial charge on any atom is -0.436 e. The number of hydrogen-bond donors (Lipinski definition) is 0. The van der Waals surface area contributed by atoms with Gasteiger partial charge in [0.25, 0.3) is 0 Å². The van der Waals surface area contributed by atoms with Crippen LogP contribution < -0.4 is 9.80 Å². The molecule has 0 N–H and O–H groups in total. The number of furan rings is 1. The maximum atomic E-state index is 6.18. The van der Waals surface area contributed by atoms with E-state index < -0.39 is 0 Å². The standard InChI is InChI=1S/C22H21N3O/c1-14(2)24-15(3)25(19-11-5-4-10-18(19)24)20-12-6-8-16-17-9-7-13-23-22(17)26-21(16)20/h4-15H,1-3H3. The number of hydrogen-bond acceptors (Lipinski definition) is 4. The molecule has 1 aliphatic rings. The summed E-state index contributed by atoms with van der Waals surface area (Å²) in [5.41, 5.74) is 5.16. The maximum absolute atomic E-state index is 6.18. The molecule has 1 atom stereocenters. The number of aromatic nitrogens is 1. The number of nitrogens with zero attached hydrogens (tertiary/aromatic N) is 3. The Hall–Kier alpha value is -3.01. The van der Waals surface area contributed by atoms with Gasteiger partial charge in [-0.3, -0.25) is 0 Å². The van der Waals surface area contributed by atoms with Crippen molar-refractivity contribution in [3.8, 4) is 0 Å². The predicted molar refractivity (Wildman–Crippen MR) is 107 cm³/mol. The molecule has 4 nitrogen and oxygen atoms in total. The summed E-state index contributed by atoms with van der Waals surface area (Å²) in [6.45, 7) is 6.73.